The Morgan fingerprint density at radius 1 is 1.09 bits per heavy atom. The fourth-order valence-electron chi connectivity index (χ4n) is 5.06. The number of carbonyl (C=O) groups is 2. The van der Waals surface area contributed by atoms with Crippen LogP contribution in [0.2, 0.25) is 0 Å². The maximum atomic E-state index is 14.8. The second kappa shape index (κ2) is 13.2. The second-order valence-corrected chi connectivity index (χ2v) is 14.0. The molecule has 0 saturated heterocycles. The first-order chi connectivity index (χ1) is 21.9. The van der Waals surface area contributed by atoms with Crippen molar-refractivity contribution in [2.75, 3.05) is 12.0 Å². The van der Waals surface area contributed by atoms with Crippen LogP contribution in [0.25, 0.3) is 0 Å². The van der Waals surface area contributed by atoms with Gasteiger partial charge in [0.2, 0.25) is 0 Å². The van der Waals surface area contributed by atoms with Crippen molar-refractivity contribution < 1.29 is 22.7 Å². The Labute approximate surface area is 269 Å². The third-order valence-corrected chi connectivity index (χ3v) is 9.44. The summed E-state index contributed by atoms with van der Waals surface area (Å²) < 4.78 is 36.5. The highest BCUT2D eigenvalue weighted by Gasteiger charge is 2.50. The molecule has 240 valence electrons. The molecule has 0 aliphatic rings. The predicted octanol–water partition coefficient (Wildman–Crippen LogP) is 3.38. The van der Waals surface area contributed by atoms with Crippen LogP contribution in [0.1, 0.15) is 48.9 Å². The Hall–Kier alpha value is -4.96. The molecule has 1 unspecified atom stereocenters. The van der Waals surface area contributed by atoms with Gasteiger partial charge in [-0.3, -0.25) is 19.2 Å². The molecule has 0 fully saturated rings. The number of carbonyl (C=O) groups excluding carboxylic acids is 2. The number of nitrogens with one attached hydrogen (secondary N) is 2. The van der Waals surface area contributed by atoms with Crippen molar-refractivity contribution in [3.8, 4) is 5.75 Å². The molecule has 16 heteroatoms. The molecule has 1 atom stereocenters. The van der Waals surface area contributed by atoms with Crippen LogP contribution in [0.15, 0.2) is 83.5 Å². The summed E-state index contributed by atoms with van der Waals surface area (Å²) in [5.41, 5.74) is -1.15. The van der Waals surface area contributed by atoms with E-state index in [1.165, 1.54) is 41.2 Å². The van der Waals surface area contributed by atoms with Crippen LogP contribution in [0.5, 0.6) is 5.75 Å². The van der Waals surface area contributed by atoms with Gasteiger partial charge < -0.3 is 4.74 Å². The summed E-state index contributed by atoms with van der Waals surface area (Å²) >= 11 is 1.12. The molecule has 14 nitrogen and oxygen atoms in total. The zero-order chi connectivity index (χ0) is 33.0. The lowest BCUT2D eigenvalue weighted by Crippen LogP contribution is -2.64. The molecule has 5 rings (SSSR count). The molecule has 2 amide bonds. The van der Waals surface area contributed by atoms with Crippen molar-refractivity contribution in [3.05, 3.63) is 95.5 Å². The third-order valence-electron chi connectivity index (χ3n) is 7.34. The summed E-state index contributed by atoms with van der Waals surface area (Å²) in [6, 6.07) is 14.2. The molecular formula is C30H33N9O5S2. The van der Waals surface area contributed by atoms with Gasteiger partial charge in [0.1, 0.15) is 11.3 Å². The van der Waals surface area contributed by atoms with E-state index in [0.29, 0.717) is 5.75 Å². The zero-order valence-electron chi connectivity index (χ0n) is 25.6. The average molecular weight is 664 g/mol. The number of nitrogens with zero attached hydrogens (tertiary/aromatic N) is 7. The number of rotatable bonds is 12. The number of anilines is 1. The Kier molecular flexibility index (Phi) is 9.29. The number of hydrogen-bond donors (Lipinski definition) is 2. The molecule has 5 aromatic rings. The van der Waals surface area contributed by atoms with Crippen LogP contribution in [0.3, 0.4) is 0 Å². The first-order valence-electron chi connectivity index (χ1n) is 14.2. The highest BCUT2D eigenvalue weighted by Crippen LogP contribution is 2.37. The number of hydrogen-bond acceptors (Lipinski definition) is 11. The summed E-state index contributed by atoms with van der Waals surface area (Å²) in [6.07, 6.45) is 4.55. The molecule has 0 spiro atoms. The van der Waals surface area contributed by atoms with Crippen molar-refractivity contribution in [1.29, 1.82) is 0 Å². The highest BCUT2D eigenvalue weighted by molar-refractivity contribution is 7.90. The van der Waals surface area contributed by atoms with Crippen LogP contribution < -0.4 is 14.4 Å². The molecule has 0 aliphatic heterocycles. The number of aromatic amines is 1. The lowest BCUT2D eigenvalue weighted by atomic mass is 9.85. The van der Waals surface area contributed by atoms with Crippen LogP contribution in [-0.4, -0.2) is 68.3 Å². The van der Waals surface area contributed by atoms with Gasteiger partial charge >= 0.3 is 0 Å². The van der Waals surface area contributed by atoms with E-state index in [1.807, 2.05) is 20.8 Å². The molecule has 0 bridgehead atoms. The standard InChI is InChI=1S/C30H33N9O5S2/c1-29(2,3)23-12-11-21(19-24(23)44-4)26(40)39(28-31-16-18-45-28)30(20-38-17-8-15-32-38,14-13-25-33-36-37-34-25)27(41)35-46(42,43)22-9-6-5-7-10-22/h5-12,15-19H,13-14,20H2,1-4H3,(H,35,41)(H,33,34,36,37). The van der Waals surface area contributed by atoms with E-state index < -0.39 is 27.4 Å². The minimum atomic E-state index is -4.37. The number of benzene rings is 2. The van der Waals surface area contributed by atoms with E-state index in [2.05, 4.69) is 35.4 Å². The summed E-state index contributed by atoms with van der Waals surface area (Å²) in [5, 5.41) is 20.2. The van der Waals surface area contributed by atoms with Gasteiger partial charge in [0.25, 0.3) is 21.8 Å². The quantitative estimate of drug-likeness (QED) is 0.201. The highest BCUT2D eigenvalue weighted by atomic mass is 32.2. The van der Waals surface area contributed by atoms with Crippen molar-refractivity contribution in [1.82, 2.24) is 40.1 Å². The van der Waals surface area contributed by atoms with Gasteiger partial charge in [0, 0.05) is 36.0 Å². The SMILES string of the molecule is COc1cc(C(=O)N(c2nccs2)C(CCc2nn[nH]n2)(Cn2cccn2)C(=O)NS(=O)(=O)c2ccccc2)ccc1C(C)(C)C. The molecular weight excluding hydrogens is 631 g/mol. The first-order valence-corrected chi connectivity index (χ1v) is 16.6. The van der Waals surface area contributed by atoms with Crippen molar-refractivity contribution in [3.63, 3.8) is 0 Å². The van der Waals surface area contributed by atoms with E-state index in [1.54, 1.807) is 54.0 Å². The number of tetrazole rings is 1. The van der Waals surface area contributed by atoms with E-state index in [9.17, 15) is 18.0 Å². The maximum Gasteiger partial charge on any atom is 0.264 e. The molecule has 46 heavy (non-hydrogen) atoms. The number of H-pyrrole nitrogens is 1. The van der Waals surface area contributed by atoms with Crippen LogP contribution in [0, 0.1) is 0 Å². The van der Waals surface area contributed by atoms with E-state index >= 15 is 0 Å². The Bertz CT molecular complexity index is 1870. The predicted molar refractivity (Wildman–Crippen MR) is 170 cm³/mol. The normalized spacial score (nSPS) is 13.1. The number of methoxy groups -OCH3 is 1. The summed E-state index contributed by atoms with van der Waals surface area (Å²) in [6.45, 7) is 5.84. The maximum absolute atomic E-state index is 14.8. The summed E-state index contributed by atoms with van der Waals surface area (Å²) in [4.78, 5) is 35.0. The van der Waals surface area contributed by atoms with Crippen molar-refractivity contribution >= 4 is 38.3 Å². The smallest absolute Gasteiger partial charge is 0.264 e. The molecule has 0 saturated carbocycles. The van der Waals surface area contributed by atoms with E-state index in [-0.39, 0.29) is 46.2 Å². The Morgan fingerprint density at radius 2 is 1.87 bits per heavy atom. The Morgan fingerprint density at radius 3 is 2.48 bits per heavy atom. The van der Waals surface area contributed by atoms with Crippen LogP contribution in [-0.2, 0) is 33.2 Å². The fourth-order valence-corrected chi connectivity index (χ4v) is 6.85. The average Bonchev–Trinajstić information content (AvgIpc) is 3.84. The van der Waals surface area contributed by atoms with Crippen LogP contribution >= 0.6 is 11.3 Å². The van der Waals surface area contributed by atoms with Gasteiger partial charge in [-0.2, -0.15) is 10.3 Å². The Balaban J connectivity index is 1.71. The minimum absolute atomic E-state index is 0.0397. The molecule has 3 aromatic heterocycles. The van der Waals surface area contributed by atoms with Crippen molar-refractivity contribution in [2.45, 2.75) is 56.0 Å². The largest absolute Gasteiger partial charge is 0.496 e. The molecule has 0 radical (unpaired) electrons. The third kappa shape index (κ3) is 6.82. The molecule has 0 aliphatic carbocycles. The number of sulfonamides is 1. The number of aryl methyl sites for hydroxylation is 1. The van der Waals surface area contributed by atoms with E-state index in [4.69, 9.17) is 4.74 Å². The van der Waals surface area contributed by atoms with Crippen molar-refractivity contribution in [2.24, 2.45) is 0 Å². The van der Waals surface area contributed by atoms with Gasteiger partial charge in [0.05, 0.1) is 18.6 Å². The second-order valence-electron chi connectivity index (χ2n) is 11.4. The number of amides is 2. The molecule has 2 N–H and O–H groups in total. The number of ether oxygens (including phenoxy) is 1. The topological polar surface area (TPSA) is 178 Å². The summed E-state index contributed by atoms with van der Waals surface area (Å²) in [7, 11) is -2.85. The van der Waals surface area contributed by atoms with Crippen LogP contribution in [0.4, 0.5) is 5.13 Å². The summed E-state index contributed by atoms with van der Waals surface area (Å²) in [5.74, 6) is -0.845. The monoisotopic (exact) mass is 663 g/mol. The molecule has 2 aromatic carbocycles. The van der Waals surface area contributed by atoms with Gasteiger partial charge in [-0.15, -0.1) is 21.5 Å². The number of aromatic nitrogens is 7. The lowest BCUT2D eigenvalue weighted by Gasteiger charge is -2.41. The molecule has 3 heterocycles. The van der Waals surface area contributed by atoms with Gasteiger partial charge in [-0.25, -0.2) is 18.1 Å². The van der Waals surface area contributed by atoms with Gasteiger partial charge in [-0.05, 0) is 47.7 Å². The van der Waals surface area contributed by atoms with Gasteiger partial charge in [-0.1, -0.05) is 50.3 Å². The lowest BCUT2D eigenvalue weighted by molar-refractivity contribution is -0.125. The number of thiazole rings is 1. The zero-order valence-corrected chi connectivity index (χ0v) is 27.2. The van der Waals surface area contributed by atoms with E-state index in [0.717, 1.165) is 16.9 Å². The minimum Gasteiger partial charge on any atom is -0.496 e. The first kappa shape index (κ1) is 32.4. The van der Waals surface area contributed by atoms with Gasteiger partial charge in [0.15, 0.2) is 11.0 Å². The fraction of sp³-hybridized carbons (Fsp3) is 0.300.